The van der Waals surface area contributed by atoms with E-state index in [1.54, 1.807) is 0 Å². The van der Waals surface area contributed by atoms with Gasteiger partial charge in [-0.05, 0) is 6.42 Å². The molecule has 3 N–H and O–H groups in total. The molecule has 0 aromatic carbocycles. The second kappa shape index (κ2) is 7.79. The molecular weight excluding hydrogens is 158 g/mol. The summed E-state index contributed by atoms with van der Waals surface area (Å²) in [5.41, 5.74) is 5.20. The number of carboxylic acids is 1. The summed E-state index contributed by atoms with van der Waals surface area (Å²) in [4.78, 5) is 10.1. The number of aliphatic carboxylic acids is 1. The van der Waals surface area contributed by atoms with Crippen molar-refractivity contribution in [1.82, 2.24) is 0 Å². The average Bonchev–Trinajstić information content (AvgIpc) is 1.82. The van der Waals surface area contributed by atoms with Crippen LogP contribution in [0.5, 0.6) is 0 Å². The summed E-state index contributed by atoms with van der Waals surface area (Å²) in [5, 5.41) is 8.28. The summed E-state index contributed by atoms with van der Waals surface area (Å²) >= 11 is 0. The number of carbonyl (C=O) groups is 1. The third kappa shape index (κ3) is 6.80. The molecule has 0 amide bonds. The van der Waals surface area contributed by atoms with Gasteiger partial charge < -0.3 is 10.8 Å². The molecule has 0 heterocycles. The van der Waals surface area contributed by atoms with Gasteiger partial charge in [-0.15, -0.1) is 0 Å². The standard InChI is InChI=1S/C6H13NO2.Ca.2H/c1-2-3-4-5(7)6(8)9;;;/h5H,2-4,7H2,1H3,(H,8,9);;;. The maximum absolute atomic E-state index is 10.1. The first-order chi connectivity index (χ1) is 4.18. The maximum atomic E-state index is 10.1. The van der Waals surface area contributed by atoms with Gasteiger partial charge in [0.05, 0.1) is 0 Å². The van der Waals surface area contributed by atoms with Crippen molar-refractivity contribution >= 4 is 43.7 Å². The predicted octanol–water partition coefficient (Wildman–Crippen LogP) is -0.328. The van der Waals surface area contributed by atoms with Crippen LogP contribution in [0.25, 0.3) is 0 Å². The SMILES string of the molecule is CCCCC(N)C(=O)O.[CaH2]. The first-order valence-electron chi connectivity index (χ1n) is 3.17. The zero-order valence-electron chi connectivity index (χ0n) is 5.63. The minimum absolute atomic E-state index is 0. The van der Waals surface area contributed by atoms with Crippen molar-refractivity contribution in [3.05, 3.63) is 0 Å². The van der Waals surface area contributed by atoms with Crippen molar-refractivity contribution in [1.29, 1.82) is 0 Å². The number of unbranched alkanes of at least 4 members (excludes halogenated alkanes) is 1. The van der Waals surface area contributed by atoms with E-state index >= 15 is 0 Å². The summed E-state index contributed by atoms with van der Waals surface area (Å²) in [6, 6.07) is -0.662. The Labute approximate surface area is 91.0 Å². The molecule has 0 rings (SSSR count). The van der Waals surface area contributed by atoms with E-state index in [-0.39, 0.29) is 37.7 Å². The zero-order chi connectivity index (χ0) is 7.28. The Balaban J connectivity index is 0. The molecule has 3 nitrogen and oxygen atoms in total. The Hall–Kier alpha value is 0.690. The van der Waals surface area contributed by atoms with Crippen LogP contribution in [0.1, 0.15) is 26.2 Å². The normalized spacial score (nSPS) is 11.8. The third-order valence-corrected chi connectivity index (χ3v) is 1.19. The van der Waals surface area contributed by atoms with Gasteiger partial charge in [0.2, 0.25) is 0 Å². The summed E-state index contributed by atoms with van der Waals surface area (Å²) < 4.78 is 0. The molecule has 0 aromatic heterocycles. The van der Waals surface area contributed by atoms with Crippen LogP contribution in [0.4, 0.5) is 0 Å². The van der Waals surface area contributed by atoms with Gasteiger partial charge in [-0.2, -0.15) is 0 Å². The van der Waals surface area contributed by atoms with Crippen LogP contribution in [0.3, 0.4) is 0 Å². The fraction of sp³-hybridized carbons (Fsp3) is 0.833. The predicted molar refractivity (Wildman–Crippen MR) is 43.7 cm³/mol. The molecule has 58 valence electrons. The van der Waals surface area contributed by atoms with Gasteiger partial charge in [-0.25, -0.2) is 0 Å². The van der Waals surface area contributed by atoms with Crippen molar-refractivity contribution < 1.29 is 9.90 Å². The third-order valence-electron chi connectivity index (χ3n) is 1.19. The molecule has 1 atom stereocenters. The average molecular weight is 173 g/mol. The summed E-state index contributed by atoms with van der Waals surface area (Å²) in [7, 11) is 0. The Morgan fingerprint density at radius 1 is 1.70 bits per heavy atom. The first-order valence-corrected chi connectivity index (χ1v) is 3.17. The molecule has 0 aliphatic carbocycles. The molecule has 0 aromatic rings. The molecule has 0 saturated heterocycles. The Morgan fingerprint density at radius 3 is 2.50 bits per heavy atom. The minimum atomic E-state index is -0.900. The van der Waals surface area contributed by atoms with E-state index in [4.69, 9.17) is 10.8 Å². The van der Waals surface area contributed by atoms with E-state index in [1.807, 2.05) is 6.92 Å². The van der Waals surface area contributed by atoms with Crippen molar-refractivity contribution in [2.45, 2.75) is 32.2 Å². The molecule has 1 unspecified atom stereocenters. The van der Waals surface area contributed by atoms with Crippen molar-refractivity contribution in [3.8, 4) is 0 Å². The number of nitrogens with two attached hydrogens (primary N) is 1. The molecule has 0 radical (unpaired) electrons. The molecule has 0 aliphatic rings. The van der Waals surface area contributed by atoms with Gasteiger partial charge >= 0.3 is 43.7 Å². The summed E-state index contributed by atoms with van der Waals surface area (Å²) in [6.07, 6.45) is 2.49. The fourth-order valence-corrected chi connectivity index (χ4v) is 0.548. The van der Waals surface area contributed by atoms with Gasteiger partial charge in [-0.3, -0.25) is 4.79 Å². The van der Waals surface area contributed by atoms with E-state index < -0.39 is 12.0 Å². The van der Waals surface area contributed by atoms with Crippen LogP contribution < -0.4 is 5.73 Å². The molecule has 0 fully saturated rings. The Bertz CT molecular complexity index is 97.7. The topological polar surface area (TPSA) is 63.3 Å². The van der Waals surface area contributed by atoms with Crippen LogP contribution in [-0.2, 0) is 4.79 Å². The number of rotatable bonds is 4. The fourth-order valence-electron chi connectivity index (χ4n) is 0.548. The van der Waals surface area contributed by atoms with Crippen molar-refractivity contribution in [2.24, 2.45) is 5.73 Å². The van der Waals surface area contributed by atoms with E-state index in [1.165, 1.54) is 0 Å². The van der Waals surface area contributed by atoms with Gasteiger partial charge in [-0.1, -0.05) is 19.8 Å². The molecule has 0 aliphatic heterocycles. The van der Waals surface area contributed by atoms with Gasteiger partial charge in [0, 0.05) is 0 Å². The van der Waals surface area contributed by atoms with Crippen LogP contribution >= 0.6 is 0 Å². The molecule has 10 heavy (non-hydrogen) atoms. The molecule has 0 saturated carbocycles. The Kier molecular flexibility index (Phi) is 10.4. The number of hydrogen-bond donors (Lipinski definition) is 2. The van der Waals surface area contributed by atoms with Crippen LogP contribution in [0.15, 0.2) is 0 Å². The number of hydrogen-bond acceptors (Lipinski definition) is 2. The monoisotopic (exact) mass is 173 g/mol. The van der Waals surface area contributed by atoms with Crippen LogP contribution in [0.2, 0.25) is 0 Å². The zero-order valence-corrected chi connectivity index (χ0v) is 5.63. The van der Waals surface area contributed by atoms with E-state index in [9.17, 15) is 4.79 Å². The molecule has 0 spiro atoms. The van der Waals surface area contributed by atoms with E-state index in [0.717, 1.165) is 12.8 Å². The van der Waals surface area contributed by atoms with Crippen LogP contribution in [0, 0.1) is 0 Å². The van der Waals surface area contributed by atoms with Gasteiger partial charge in [0.1, 0.15) is 6.04 Å². The quantitative estimate of drug-likeness (QED) is 0.572. The summed E-state index contributed by atoms with van der Waals surface area (Å²) in [6.45, 7) is 2.01. The van der Waals surface area contributed by atoms with Crippen LogP contribution in [-0.4, -0.2) is 54.9 Å². The molecule has 0 bridgehead atoms. The summed E-state index contributed by atoms with van der Waals surface area (Å²) in [5.74, 6) is -0.900. The molecular formula is C6H15CaNO2. The molecule has 4 heteroatoms. The second-order valence-electron chi connectivity index (χ2n) is 2.09. The van der Waals surface area contributed by atoms with Gasteiger partial charge in [0.25, 0.3) is 0 Å². The van der Waals surface area contributed by atoms with Crippen molar-refractivity contribution in [3.63, 3.8) is 0 Å². The van der Waals surface area contributed by atoms with E-state index in [0.29, 0.717) is 6.42 Å². The Morgan fingerprint density at radius 2 is 2.20 bits per heavy atom. The first kappa shape index (κ1) is 13.3. The second-order valence-corrected chi connectivity index (χ2v) is 2.09. The number of carboxylic acid groups (broad SMARTS) is 1. The van der Waals surface area contributed by atoms with Gasteiger partial charge in [0.15, 0.2) is 0 Å². The van der Waals surface area contributed by atoms with E-state index in [2.05, 4.69) is 0 Å². The van der Waals surface area contributed by atoms with Crippen molar-refractivity contribution in [2.75, 3.05) is 0 Å².